The molecule has 1 heterocycles. The van der Waals surface area contributed by atoms with Gasteiger partial charge in [0.1, 0.15) is 0 Å². The van der Waals surface area contributed by atoms with E-state index < -0.39 is 11.4 Å². The normalized spacial score (nSPS) is 22.6. The molecule has 0 spiro atoms. The van der Waals surface area contributed by atoms with Crippen LogP contribution in [0, 0.1) is 11.8 Å². The number of carboxylic acids is 1. The van der Waals surface area contributed by atoms with Gasteiger partial charge >= 0.3 is 5.97 Å². The highest BCUT2D eigenvalue weighted by Gasteiger charge is 2.40. The van der Waals surface area contributed by atoms with Crippen LogP contribution >= 0.6 is 11.6 Å². The van der Waals surface area contributed by atoms with Crippen molar-refractivity contribution in [3.05, 3.63) is 46.1 Å². The highest BCUT2D eigenvalue weighted by Crippen LogP contribution is 2.43. The fourth-order valence-electron chi connectivity index (χ4n) is 5.10. The van der Waals surface area contributed by atoms with E-state index in [4.69, 9.17) is 16.7 Å². The fraction of sp³-hybridized carbons (Fsp3) is 0.600. The van der Waals surface area contributed by atoms with Gasteiger partial charge < -0.3 is 10.0 Å². The summed E-state index contributed by atoms with van der Waals surface area (Å²) in [7, 11) is 0. The maximum absolute atomic E-state index is 12.8. The van der Waals surface area contributed by atoms with Gasteiger partial charge in [0.2, 0.25) is 5.91 Å². The average Bonchev–Trinajstić information content (AvgIpc) is 3.19. The number of halogens is 1. The van der Waals surface area contributed by atoms with Gasteiger partial charge in [-0.2, -0.15) is 0 Å². The smallest absolute Gasteiger partial charge is 0.305 e. The molecule has 1 saturated carbocycles. The molecule has 0 aromatic heterocycles. The molecule has 0 radical (unpaired) electrons. The minimum Gasteiger partial charge on any atom is -0.481 e. The van der Waals surface area contributed by atoms with Crippen molar-refractivity contribution in [2.24, 2.45) is 11.8 Å². The molecule has 1 fully saturated rings. The molecule has 0 bridgehead atoms. The van der Waals surface area contributed by atoms with Gasteiger partial charge in [0.05, 0.1) is 6.42 Å². The lowest BCUT2D eigenvalue weighted by molar-refractivity contribution is -0.138. The summed E-state index contributed by atoms with van der Waals surface area (Å²) < 4.78 is 0. The first-order valence-electron chi connectivity index (χ1n) is 11.2. The summed E-state index contributed by atoms with van der Waals surface area (Å²) in [6.07, 6.45) is 9.77. The zero-order valence-electron chi connectivity index (χ0n) is 18.4. The van der Waals surface area contributed by atoms with Gasteiger partial charge in [-0.25, -0.2) is 0 Å². The molecule has 1 N–H and O–H groups in total. The lowest BCUT2D eigenvalue weighted by Gasteiger charge is -2.41. The van der Waals surface area contributed by atoms with Crippen LogP contribution < -0.4 is 0 Å². The van der Waals surface area contributed by atoms with Gasteiger partial charge in [0, 0.05) is 29.6 Å². The summed E-state index contributed by atoms with van der Waals surface area (Å²) in [5, 5.41) is 9.77. The molecule has 2 aliphatic rings. The molecule has 1 aromatic rings. The van der Waals surface area contributed by atoms with Crippen molar-refractivity contribution in [3.63, 3.8) is 0 Å². The Morgan fingerprint density at radius 2 is 2.00 bits per heavy atom. The van der Waals surface area contributed by atoms with E-state index in [9.17, 15) is 9.59 Å². The second kappa shape index (κ2) is 9.55. The number of aryl methyl sites for hydroxylation is 1. The van der Waals surface area contributed by atoms with Crippen LogP contribution in [0.5, 0.6) is 0 Å². The van der Waals surface area contributed by atoms with Crippen LogP contribution in [-0.4, -0.2) is 28.4 Å². The third kappa shape index (κ3) is 5.08. The minimum absolute atomic E-state index is 0.0374. The number of hydrogen-bond acceptors (Lipinski definition) is 2. The van der Waals surface area contributed by atoms with Crippen molar-refractivity contribution in [1.82, 2.24) is 4.90 Å². The predicted octanol–water partition coefficient (Wildman–Crippen LogP) is 5.97. The second-order valence-electron chi connectivity index (χ2n) is 9.47. The summed E-state index contributed by atoms with van der Waals surface area (Å²) in [4.78, 5) is 25.3. The molecule has 1 aliphatic heterocycles. The van der Waals surface area contributed by atoms with Gasteiger partial charge in [-0.15, -0.1) is 0 Å². The van der Waals surface area contributed by atoms with Gasteiger partial charge in [0.15, 0.2) is 0 Å². The van der Waals surface area contributed by atoms with Crippen molar-refractivity contribution >= 4 is 23.5 Å². The number of benzene rings is 1. The van der Waals surface area contributed by atoms with Crippen molar-refractivity contribution in [2.45, 2.75) is 77.6 Å². The first-order valence-corrected chi connectivity index (χ1v) is 11.6. The van der Waals surface area contributed by atoms with Crippen LogP contribution in [0.2, 0.25) is 5.02 Å². The van der Waals surface area contributed by atoms with Gasteiger partial charge in [-0.3, -0.25) is 9.59 Å². The summed E-state index contributed by atoms with van der Waals surface area (Å²) in [5.74, 6) is 0.137. The van der Waals surface area contributed by atoms with Crippen molar-refractivity contribution in [1.29, 1.82) is 0 Å². The maximum Gasteiger partial charge on any atom is 0.305 e. The Labute approximate surface area is 185 Å². The number of carbonyl (C=O) groups is 2. The molecule has 30 heavy (non-hydrogen) atoms. The molecular formula is C25H34ClNO3. The van der Waals surface area contributed by atoms with E-state index in [0.717, 1.165) is 28.5 Å². The van der Waals surface area contributed by atoms with E-state index in [1.807, 2.05) is 12.3 Å². The molecule has 0 unspecified atom stereocenters. The Kier molecular flexibility index (Phi) is 7.28. The standard InChI is InChI=1S/C25H34ClNO3/c1-17(2)21-16-27(13-12-24(29)30)23(28)15-25(21,3)20-11-10-19(22(26)14-20)9-8-18-6-4-5-7-18/h10-11,14,16-18H,4-9,12-13,15H2,1-3H3,(H,29,30)/t25-/m1/s1. The lowest BCUT2D eigenvalue weighted by Crippen LogP contribution is -2.42. The van der Waals surface area contributed by atoms with Crippen LogP contribution in [0.4, 0.5) is 0 Å². The van der Waals surface area contributed by atoms with Crippen molar-refractivity contribution in [3.8, 4) is 0 Å². The first-order chi connectivity index (χ1) is 14.2. The Balaban J connectivity index is 1.83. The monoisotopic (exact) mass is 431 g/mol. The van der Waals surface area contributed by atoms with E-state index in [-0.39, 0.29) is 24.8 Å². The minimum atomic E-state index is -0.893. The van der Waals surface area contributed by atoms with E-state index in [1.54, 1.807) is 4.90 Å². The third-order valence-corrected chi connectivity index (χ3v) is 7.28. The highest BCUT2D eigenvalue weighted by molar-refractivity contribution is 6.31. The molecule has 1 atom stereocenters. The molecule has 1 amide bonds. The Morgan fingerprint density at radius 1 is 1.30 bits per heavy atom. The van der Waals surface area contributed by atoms with Crippen molar-refractivity contribution in [2.75, 3.05) is 6.54 Å². The molecule has 3 rings (SSSR count). The SMILES string of the molecule is CC(C)C1=CN(CCC(=O)O)C(=O)C[C@]1(C)c1ccc(CCC2CCCC2)c(Cl)c1. The molecule has 1 aromatic carbocycles. The Bertz CT molecular complexity index is 826. The molecule has 164 valence electrons. The lowest BCUT2D eigenvalue weighted by atomic mass is 9.68. The quantitative estimate of drug-likeness (QED) is 0.551. The summed E-state index contributed by atoms with van der Waals surface area (Å²) in [6.45, 7) is 6.55. The summed E-state index contributed by atoms with van der Waals surface area (Å²) >= 11 is 6.69. The van der Waals surface area contributed by atoms with Gasteiger partial charge in [0.25, 0.3) is 0 Å². The maximum atomic E-state index is 12.8. The van der Waals surface area contributed by atoms with Gasteiger partial charge in [-0.1, -0.05) is 70.2 Å². The van der Waals surface area contributed by atoms with Gasteiger partial charge in [-0.05, 0) is 47.4 Å². The van der Waals surface area contributed by atoms with E-state index in [0.29, 0.717) is 6.42 Å². The molecule has 1 aliphatic carbocycles. The molecular weight excluding hydrogens is 398 g/mol. The number of nitrogens with zero attached hydrogens (tertiary/aromatic N) is 1. The second-order valence-corrected chi connectivity index (χ2v) is 9.88. The Morgan fingerprint density at radius 3 is 2.60 bits per heavy atom. The number of rotatable bonds is 8. The third-order valence-electron chi connectivity index (χ3n) is 6.93. The highest BCUT2D eigenvalue weighted by atomic mass is 35.5. The summed E-state index contributed by atoms with van der Waals surface area (Å²) in [6, 6.07) is 6.31. The topological polar surface area (TPSA) is 57.6 Å². The number of allylic oxidation sites excluding steroid dienone is 1. The average molecular weight is 432 g/mol. The van der Waals surface area contributed by atoms with Crippen LogP contribution in [0.15, 0.2) is 30.0 Å². The van der Waals surface area contributed by atoms with E-state index in [2.05, 4.69) is 32.9 Å². The fourth-order valence-corrected chi connectivity index (χ4v) is 5.38. The van der Waals surface area contributed by atoms with Crippen LogP contribution in [0.3, 0.4) is 0 Å². The van der Waals surface area contributed by atoms with Crippen LogP contribution in [0.25, 0.3) is 0 Å². The summed E-state index contributed by atoms with van der Waals surface area (Å²) in [5.41, 5.74) is 2.96. The largest absolute Gasteiger partial charge is 0.481 e. The number of aliphatic carboxylic acids is 1. The number of carboxylic acid groups (broad SMARTS) is 1. The first kappa shape index (κ1) is 22.9. The number of amides is 1. The van der Waals surface area contributed by atoms with Crippen molar-refractivity contribution < 1.29 is 14.7 Å². The molecule has 5 heteroatoms. The molecule has 4 nitrogen and oxygen atoms in total. The van der Waals surface area contributed by atoms with Crippen LogP contribution in [-0.2, 0) is 21.4 Å². The molecule has 0 saturated heterocycles. The predicted molar refractivity (Wildman–Crippen MR) is 121 cm³/mol. The zero-order chi connectivity index (χ0) is 21.9. The van der Waals surface area contributed by atoms with Crippen LogP contribution in [0.1, 0.15) is 76.8 Å². The Hall–Kier alpha value is -1.81. The zero-order valence-corrected chi connectivity index (χ0v) is 19.2. The van der Waals surface area contributed by atoms with E-state index in [1.165, 1.54) is 37.7 Å². The number of hydrogen-bond donors (Lipinski definition) is 1. The van der Waals surface area contributed by atoms with E-state index >= 15 is 0 Å². The number of carbonyl (C=O) groups excluding carboxylic acids is 1.